The van der Waals surface area contributed by atoms with Crippen molar-refractivity contribution in [2.45, 2.75) is 31.4 Å². The molecule has 212 valence electrons. The molecular weight excluding hydrogens is 533 g/mol. The molecule has 2 aliphatic rings. The molecule has 12 nitrogen and oxygen atoms in total. The molecular formula is C28H28FN7O5. The lowest BCUT2D eigenvalue weighted by molar-refractivity contribution is 0.0130. The number of halogens is 1. The van der Waals surface area contributed by atoms with E-state index in [0.717, 1.165) is 41.3 Å². The minimum atomic E-state index is -0.856. The van der Waals surface area contributed by atoms with Crippen LogP contribution in [0.5, 0.6) is 5.75 Å². The molecule has 1 aliphatic carbocycles. The normalized spacial score (nSPS) is 16.7. The quantitative estimate of drug-likeness (QED) is 0.288. The van der Waals surface area contributed by atoms with E-state index in [1.165, 1.54) is 4.68 Å². The van der Waals surface area contributed by atoms with Crippen LogP contribution in [0.25, 0.3) is 44.5 Å². The number of amides is 1. The number of nitrogens with zero attached hydrogens (tertiary/aromatic N) is 5. The number of pyridine rings is 1. The first kappa shape index (κ1) is 25.3. The van der Waals surface area contributed by atoms with Crippen LogP contribution in [0.3, 0.4) is 0 Å². The number of nitrogens with one attached hydrogen (secondary N) is 1. The van der Waals surface area contributed by atoms with Crippen molar-refractivity contribution in [3.05, 3.63) is 52.6 Å². The highest BCUT2D eigenvalue weighted by molar-refractivity contribution is 6.14. The van der Waals surface area contributed by atoms with Crippen LogP contribution in [-0.4, -0.2) is 54.8 Å². The lowest BCUT2D eigenvalue weighted by Crippen LogP contribution is -2.29. The highest BCUT2D eigenvalue weighted by atomic mass is 19.1. The smallest absolute Gasteiger partial charge is 0.404 e. The SMILES string of the molecule is Cn1cc(-c2[nH]c3ncc4c(c3c2-c2ccc3c(c2)OCC3OCCOC(N)=O)n(C2CCC2)c(=O)n4C)c(F)n1. The van der Waals surface area contributed by atoms with Crippen LogP contribution >= 0.6 is 0 Å². The van der Waals surface area contributed by atoms with E-state index in [9.17, 15) is 9.59 Å². The molecule has 1 aromatic carbocycles. The largest absolute Gasteiger partial charge is 0.490 e. The highest BCUT2D eigenvalue weighted by Gasteiger charge is 2.31. The number of H-pyrrole nitrogens is 1. The lowest BCUT2D eigenvalue weighted by Gasteiger charge is -2.26. The molecule has 0 radical (unpaired) electrons. The summed E-state index contributed by atoms with van der Waals surface area (Å²) in [5.41, 5.74) is 10.0. The summed E-state index contributed by atoms with van der Waals surface area (Å²) in [5, 5.41) is 4.66. The molecule has 1 atom stereocenters. The number of carbonyl (C=O) groups excluding carboxylic acids is 1. The number of imidazole rings is 1. The number of hydrogen-bond acceptors (Lipinski definition) is 7. The van der Waals surface area contributed by atoms with Crippen molar-refractivity contribution in [2.24, 2.45) is 19.8 Å². The topological polar surface area (TPSA) is 144 Å². The standard InChI is InChI=1S/C28H28FN7O5/c1-34-12-17(25(29)33-34)23-21(14-6-7-16-19(10-14)41-13-20(16)39-8-9-40-27(30)37)22-24-18(11-31-26(22)32-23)35(2)28(38)36(24)15-4-3-5-15/h6-7,10-12,15,20H,3-5,8-9,13H2,1-2H3,(H2,30,37)(H,31,32). The Bertz CT molecular complexity index is 1900. The van der Waals surface area contributed by atoms with Crippen molar-refractivity contribution in [1.29, 1.82) is 0 Å². The second-order valence-electron chi connectivity index (χ2n) is 10.5. The molecule has 0 spiro atoms. The van der Waals surface area contributed by atoms with Crippen molar-refractivity contribution in [3.63, 3.8) is 0 Å². The minimum Gasteiger partial charge on any atom is -0.490 e. The van der Waals surface area contributed by atoms with Gasteiger partial charge in [0.1, 0.15) is 30.7 Å². The summed E-state index contributed by atoms with van der Waals surface area (Å²) in [6.07, 6.45) is 5.01. The van der Waals surface area contributed by atoms with Crippen molar-refractivity contribution in [3.8, 4) is 28.1 Å². The third-order valence-corrected chi connectivity index (χ3v) is 8.05. The summed E-state index contributed by atoms with van der Waals surface area (Å²) < 4.78 is 36.6. The van der Waals surface area contributed by atoms with E-state index in [-0.39, 0.29) is 31.0 Å². The van der Waals surface area contributed by atoms with Gasteiger partial charge >= 0.3 is 11.8 Å². The predicted octanol–water partition coefficient (Wildman–Crippen LogP) is 3.69. The number of fused-ring (bicyclic) bond motifs is 4. The molecule has 1 amide bonds. The molecule has 41 heavy (non-hydrogen) atoms. The Morgan fingerprint density at radius 2 is 2.10 bits per heavy atom. The summed E-state index contributed by atoms with van der Waals surface area (Å²) in [6, 6.07) is 5.83. The van der Waals surface area contributed by atoms with Gasteiger partial charge in [-0.2, -0.15) is 4.39 Å². The number of carbonyl (C=O) groups is 1. The summed E-state index contributed by atoms with van der Waals surface area (Å²) >= 11 is 0. The van der Waals surface area contributed by atoms with E-state index in [1.54, 1.807) is 31.1 Å². The molecule has 1 aliphatic heterocycles. The average Bonchev–Trinajstić information content (AvgIpc) is 3.65. The first-order valence-electron chi connectivity index (χ1n) is 13.4. The predicted molar refractivity (Wildman–Crippen MR) is 147 cm³/mol. The van der Waals surface area contributed by atoms with Crippen molar-refractivity contribution >= 4 is 28.2 Å². The van der Waals surface area contributed by atoms with Crippen molar-refractivity contribution in [2.75, 3.05) is 19.8 Å². The van der Waals surface area contributed by atoms with E-state index in [2.05, 4.69) is 15.1 Å². The van der Waals surface area contributed by atoms with Gasteiger partial charge in [0.05, 0.1) is 40.5 Å². The van der Waals surface area contributed by atoms with Crippen LogP contribution in [0.4, 0.5) is 9.18 Å². The fraction of sp³-hybridized carbons (Fsp3) is 0.357. The van der Waals surface area contributed by atoms with Gasteiger partial charge in [-0.15, -0.1) is 5.10 Å². The Kier molecular flexibility index (Phi) is 5.85. The number of ether oxygens (including phenoxy) is 3. The van der Waals surface area contributed by atoms with Crippen LogP contribution in [0.2, 0.25) is 0 Å². The van der Waals surface area contributed by atoms with Gasteiger partial charge in [-0.05, 0) is 30.9 Å². The zero-order valence-corrected chi connectivity index (χ0v) is 22.5. The maximum atomic E-state index is 15.1. The van der Waals surface area contributed by atoms with Gasteiger partial charge in [0.15, 0.2) is 0 Å². The van der Waals surface area contributed by atoms with Gasteiger partial charge in [-0.3, -0.25) is 13.8 Å². The number of rotatable bonds is 7. The van der Waals surface area contributed by atoms with Gasteiger partial charge in [0.2, 0.25) is 5.95 Å². The summed E-state index contributed by atoms with van der Waals surface area (Å²) in [6.45, 7) is 0.498. The van der Waals surface area contributed by atoms with E-state index in [4.69, 9.17) is 19.9 Å². The van der Waals surface area contributed by atoms with E-state index in [0.29, 0.717) is 40.3 Å². The highest BCUT2D eigenvalue weighted by Crippen LogP contribution is 2.45. The van der Waals surface area contributed by atoms with Crippen LogP contribution < -0.4 is 16.2 Å². The van der Waals surface area contributed by atoms with Gasteiger partial charge < -0.3 is 24.9 Å². The number of primary amides is 1. The van der Waals surface area contributed by atoms with Crippen LogP contribution in [-0.2, 0) is 23.6 Å². The molecule has 5 aromatic rings. The third kappa shape index (κ3) is 3.98. The Balaban J connectivity index is 1.42. The Morgan fingerprint density at radius 1 is 1.27 bits per heavy atom. The number of aromatic amines is 1. The Morgan fingerprint density at radius 3 is 2.80 bits per heavy atom. The molecule has 0 bridgehead atoms. The lowest BCUT2D eigenvalue weighted by atomic mass is 9.92. The first-order valence-corrected chi connectivity index (χ1v) is 13.4. The molecule has 1 fully saturated rings. The van der Waals surface area contributed by atoms with Gasteiger partial charge in [0, 0.05) is 37.5 Å². The van der Waals surface area contributed by atoms with Crippen LogP contribution in [0.15, 0.2) is 35.4 Å². The monoisotopic (exact) mass is 561 g/mol. The fourth-order valence-electron chi connectivity index (χ4n) is 5.89. The van der Waals surface area contributed by atoms with Crippen molar-refractivity contribution in [1.82, 2.24) is 28.9 Å². The number of aryl methyl sites for hydroxylation is 2. The molecule has 7 rings (SSSR count). The first-order chi connectivity index (χ1) is 19.8. The number of nitrogens with two attached hydrogens (primary N) is 1. The maximum Gasteiger partial charge on any atom is 0.404 e. The van der Waals surface area contributed by atoms with Gasteiger partial charge in [-0.25, -0.2) is 14.6 Å². The average molecular weight is 562 g/mol. The molecule has 5 heterocycles. The fourth-order valence-corrected chi connectivity index (χ4v) is 5.89. The zero-order valence-electron chi connectivity index (χ0n) is 22.5. The molecule has 0 saturated heterocycles. The summed E-state index contributed by atoms with van der Waals surface area (Å²) in [7, 11) is 3.41. The molecule has 4 aromatic heterocycles. The molecule has 1 saturated carbocycles. The number of benzene rings is 1. The summed E-state index contributed by atoms with van der Waals surface area (Å²) in [5.74, 6) is 0.00454. The Labute approximate surface area is 232 Å². The zero-order chi connectivity index (χ0) is 28.4. The number of hydrogen-bond donors (Lipinski definition) is 2. The molecule has 13 heteroatoms. The number of aromatic nitrogens is 6. The van der Waals surface area contributed by atoms with E-state index in [1.807, 2.05) is 22.8 Å². The maximum absolute atomic E-state index is 15.1. The van der Waals surface area contributed by atoms with Crippen LogP contribution in [0, 0.1) is 5.95 Å². The second-order valence-corrected chi connectivity index (χ2v) is 10.5. The van der Waals surface area contributed by atoms with Crippen LogP contribution in [0.1, 0.15) is 37.0 Å². The van der Waals surface area contributed by atoms with Gasteiger partial charge in [0.25, 0.3) is 0 Å². The van der Waals surface area contributed by atoms with E-state index < -0.39 is 12.0 Å². The minimum absolute atomic E-state index is 0.0391. The second kappa shape index (κ2) is 9.47. The Hall–Kier alpha value is -4.65. The van der Waals surface area contributed by atoms with Crippen molar-refractivity contribution < 1.29 is 23.4 Å². The van der Waals surface area contributed by atoms with E-state index >= 15 is 4.39 Å². The molecule has 1 unspecified atom stereocenters. The van der Waals surface area contributed by atoms with Gasteiger partial charge in [-0.1, -0.05) is 12.1 Å². The summed E-state index contributed by atoms with van der Waals surface area (Å²) in [4.78, 5) is 32.3. The molecule has 3 N–H and O–H groups in total. The third-order valence-electron chi connectivity index (χ3n) is 8.05.